The summed E-state index contributed by atoms with van der Waals surface area (Å²) in [6, 6.07) is 11.0. The molecule has 0 aliphatic heterocycles. The lowest BCUT2D eigenvalue weighted by Crippen LogP contribution is -2.11. The number of amides is 1. The van der Waals surface area contributed by atoms with Crippen molar-refractivity contribution in [3.8, 4) is 11.5 Å². The zero-order valence-corrected chi connectivity index (χ0v) is 13.9. The lowest BCUT2D eigenvalue weighted by atomic mass is 10.2. The zero-order valence-electron chi connectivity index (χ0n) is 13.0. The molecule has 0 fully saturated rings. The molecule has 0 saturated heterocycles. The van der Waals surface area contributed by atoms with E-state index in [9.17, 15) is 4.79 Å². The average molecular weight is 328 g/mol. The molecule has 1 N–H and O–H groups in total. The van der Waals surface area contributed by atoms with Gasteiger partial charge in [-0.2, -0.15) is 0 Å². The average Bonchev–Trinajstić information content (AvgIpc) is 2.95. The van der Waals surface area contributed by atoms with Crippen LogP contribution in [0.25, 0.3) is 10.2 Å². The van der Waals surface area contributed by atoms with Crippen molar-refractivity contribution in [1.82, 2.24) is 4.98 Å². The number of aryl methyl sites for hydroxylation is 1. The molecule has 0 spiro atoms. The number of thiazole rings is 1. The molecule has 0 atom stereocenters. The van der Waals surface area contributed by atoms with Gasteiger partial charge in [-0.1, -0.05) is 17.4 Å². The largest absolute Gasteiger partial charge is 0.493 e. The number of fused-ring (bicyclic) bond motifs is 1. The van der Waals surface area contributed by atoms with Gasteiger partial charge in [0.1, 0.15) is 0 Å². The molecule has 0 bridgehead atoms. The zero-order chi connectivity index (χ0) is 16.4. The molecule has 5 nitrogen and oxygen atoms in total. The molecule has 2 aromatic carbocycles. The predicted octanol–water partition coefficient (Wildman–Crippen LogP) is 3.87. The number of nitrogens with one attached hydrogen (secondary N) is 1. The van der Waals surface area contributed by atoms with Crippen molar-refractivity contribution in [3.63, 3.8) is 0 Å². The summed E-state index contributed by atoms with van der Waals surface area (Å²) in [6.07, 6.45) is 0. The second kappa shape index (κ2) is 6.26. The molecule has 0 saturated carbocycles. The predicted molar refractivity (Wildman–Crippen MR) is 91.9 cm³/mol. The summed E-state index contributed by atoms with van der Waals surface area (Å²) in [4.78, 5) is 16.8. The van der Waals surface area contributed by atoms with Crippen LogP contribution in [0, 0.1) is 6.92 Å². The number of methoxy groups -OCH3 is 2. The number of rotatable bonds is 4. The number of hydrogen-bond acceptors (Lipinski definition) is 5. The van der Waals surface area contributed by atoms with Crippen LogP contribution in [0.3, 0.4) is 0 Å². The van der Waals surface area contributed by atoms with Gasteiger partial charge < -0.3 is 9.47 Å². The van der Waals surface area contributed by atoms with Gasteiger partial charge in [0.15, 0.2) is 16.6 Å². The highest BCUT2D eigenvalue weighted by Gasteiger charge is 2.13. The van der Waals surface area contributed by atoms with Crippen LogP contribution in [0.5, 0.6) is 11.5 Å². The highest BCUT2D eigenvalue weighted by atomic mass is 32.1. The fourth-order valence-electron chi connectivity index (χ4n) is 2.23. The Hall–Kier alpha value is -2.60. The first kappa shape index (κ1) is 15.3. The van der Waals surface area contributed by atoms with E-state index in [1.54, 1.807) is 25.3 Å². The van der Waals surface area contributed by atoms with Crippen molar-refractivity contribution < 1.29 is 14.3 Å². The van der Waals surface area contributed by atoms with E-state index in [4.69, 9.17) is 9.47 Å². The van der Waals surface area contributed by atoms with Crippen LogP contribution in [0.1, 0.15) is 15.9 Å². The van der Waals surface area contributed by atoms with Gasteiger partial charge in [-0.3, -0.25) is 10.1 Å². The summed E-state index contributed by atoms with van der Waals surface area (Å²) in [7, 11) is 3.09. The lowest BCUT2D eigenvalue weighted by Gasteiger charge is -2.09. The third kappa shape index (κ3) is 3.12. The molecule has 0 unspecified atom stereocenters. The minimum Gasteiger partial charge on any atom is -0.493 e. The second-order valence-corrected chi connectivity index (χ2v) is 6.04. The Kier molecular flexibility index (Phi) is 4.16. The SMILES string of the molecule is COc1ccc(C(=O)Nc2nc3ccc(C)cc3s2)cc1OC. The molecule has 6 heteroatoms. The van der Waals surface area contributed by atoms with E-state index in [1.165, 1.54) is 24.0 Å². The summed E-state index contributed by atoms with van der Waals surface area (Å²) in [5.41, 5.74) is 2.53. The van der Waals surface area contributed by atoms with Gasteiger partial charge in [-0.15, -0.1) is 0 Å². The smallest absolute Gasteiger partial charge is 0.257 e. The highest BCUT2D eigenvalue weighted by molar-refractivity contribution is 7.22. The number of benzene rings is 2. The topological polar surface area (TPSA) is 60.5 Å². The molecule has 3 rings (SSSR count). The monoisotopic (exact) mass is 328 g/mol. The third-order valence-corrected chi connectivity index (χ3v) is 4.34. The van der Waals surface area contributed by atoms with Gasteiger partial charge in [-0.05, 0) is 42.8 Å². The van der Waals surface area contributed by atoms with E-state index in [0.29, 0.717) is 22.2 Å². The van der Waals surface area contributed by atoms with E-state index < -0.39 is 0 Å². The van der Waals surface area contributed by atoms with Crippen LogP contribution in [0.2, 0.25) is 0 Å². The standard InChI is InChI=1S/C17H16N2O3S/c1-10-4-6-12-15(8-10)23-17(18-12)19-16(20)11-5-7-13(21-2)14(9-11)22-3/h4-9H,1-3H3,(H,18,19,20). The van der Waals surface area contributed by atoms with E-state index in [-0.39, 0.29) is 5.91 Å². The summed E-state index contributed by atoms with van der Waals surface area (Å²) in [5.74, 6) is 0.862. The van der Waals surface area contributed by atoms with Crippen molar-refractivity contribution in [3.05, 3.63) is 47.5 Å². The molecular weight excluding hydrogens is 312 g/mol. The van der Waals surface area contributed by atoms with E-state index in [2.05, 4.69) is 16.4 Å². The number of hydrogen-bond donors (Lipinski definition) is 1. The first-order valence-corrected chi connectivity index (χ1v) is 7.83. The van der Waals surface area contributed by atoms with Crippen molar-refractivity contribution in [2.45, 2.75) is 6.92 Å². The van der Waals surface area contributed by atoms with Crippen LogP contribution in [-0.4, -0.2) is 25.1 Å². The molecule has 1 heterocycles. The highest BCUT2D eigenvalue weighted by Crippen LogP contribution is 2.29. The summed E-state index contributed by atoms with van der Waals surface area (Å²) >= 11 is 1.45. The number of aromatic nitrogens is 1. The van der Waals surface area contributed by atoms with Gasteiger partial charge in [0, 0.05) is 5.56 Å². The Morgan fingerprint density at radius 2 is 1.87 bits per heavy atom. The molecule has 23 heavy (non-hydrogen) atoms. The van der Waals surface area contributed by atoms with Crippen molar-refractivity contribution in [2.24, 2.45) is 0 Å². The maximum absolute atomic E-state index is 12.4. The Labute approximate surface area is 137 Å². The summed E-state index contributed by atoms with van der Waals surface area (Å²) in [5, 5.41) is 3.40. The molecule has 3 aromatic rings. The van der Waals surface area contributed by atoms with E-state index in [1.807, 2.05) is 19.1 Å². The Morgan fingerprint density at radius 1 is 1.09 bits per heavy atom. The quantitative estimate of drug-likeness (QED) is 0.790. The molecule has 1 amide bonds. The molecule has 0 aliphatic carbocycles. The Morgan fingerprint density at radius 3 is 2.61 bits per heavy atom. The van der Waals surface area contributed by atoms with Gasteiger partial charge in [0.05, 0.1) is 24.4 Å². The third-order valence-electron chi connectivity index (χ3n) is 3.41. The minimum atomic E-state index is -0.235. The first-order chi connectivity index (χ1) is 11.1. The molecule has 0 radical (unpaired) electrons. The maximum Gasteiger partial charge on any atom is 0.257 e. The number of carbonyl (C=O) groups excluding carboxylic acids is 1. The van der Waals surface area contributed by atoms with Gasteiger partial charge in [0.25, 0.3) is 5.91 Å². The van der Waals surface area contributed by atoms with Crippen molar-refractivity contribution in [1.29, 1.82) is 0 Å². The fraction of sp³-hybridized carbons (Fsp3) is 0.176. The van der Waals surface area contributed by atoms with Gasteiger partial charge in [-0.25, -0.2) is 4.98 Å². The summed E-state index contributed by atoms with van der Waals surface area (Å²) in [6.45, 7) is 2.03. The minimum absolute atomic E-state index is 0.235. The lowest BCUT2D eigenvalue weighted by molar-refractivity contribution is 0.102. The summed E-state index contributed by atoms with van der Waals surface area (Å²) < 4.78 is 11.4. The van der Waals surface area contributed by atoms with E-state index in [0.717, 1.165) is 10.2 Å². The maximum atomic E-state index is 12.4. The fourth-order valence-corrected chi connectivity index (χ4v) is 3.19. The van der Waals surface area contributed by atoms with Crippen LogP contribution < -0.4 is 14.8 Å². The number of anilines is 1. The molecular formula is C17H16N2O3S. The molecule has 0 aliphatic rings. The van der Waals surface area contributed by atoms with Gasteiger partial charge in [0.2, 0.25) is 0 Å². The van der Waals surface area contributed by atoms with Crippen LogP contribution in [-0.2, 0) is 0 Å². The van der Waals surface area contributed by atoms with Crippen LogP contribution in [0.15, 0.2) is 36.4 Å². The van der Waals surface area contributed by atoms with Crippen LogP contribution in [0.4, 0.5) is 5.13 Å². The normalized spacial score (nSPS) is 10.6. The van der Waals surface area contributed by atoms with Crippen LogP contribution >= 0.6 is 11.3 Å². The van der Waals surface area contributed by atoms with Crippen molar-refractivity contribution >= 4 is 32.6 Å². The number of ether oxygens (including phenoxy) is 2. The Balaban J connectivity index is 1.85. The van der Waals surface area contributed by atoms with E-state index >= 15 is 0 Å². The molecule has 118 valence electrons. The second-order valence-electron chi connectivity index (χ2n) is 5.01. The first-order valence-electron chi connectivity index (χ1n) is 7.01. The molecule has 1 aromatic heterocycles. The van der Waals surface area contributed by atoms with Gasteiger partial charge >= 0.3 is 0 Å². The Bertz CT molecular complexity index is 873. The van der Waals surface area contributed by atoms with Crippen molar-refractivity contribution in [2.75, 3.05) is 19.5 Å². The number of carbonyl (C=O) groups is 1. The number of nitrogens with zero attached hydrogens (tertiary/aromatic N) is 1.